The molecule has 1 saturated heterocycles. The Hall–Kier alpha value is -2.94. The quantitative estimate of drug-likeness (QED) is 0.714. The Bertz CT molecular complexity index is 1010. The summed E-state index contributed by atoms with van der Waals surface area (Å²) in [5, 5.41) is 15.5. The summed E-state index contributed by atoms with van der Waals surface area (Å²) in [6.45, 7) is 5.07. The Morgan fingerprint density at radius 1 is 1.37 bits per heavy atom. The Morgan fingerprint density at radius 3 is 3.19 bits per heavy atom. The lowest BCUT2D eigenvalue weighted by molar-refractivity contribution is -0.0701. The number of likely N-dealkylation sites (tertiary alicyclic amines) is 1. The molecule has 2 aliphatic rings. The number of ether oxygens (including phenoxy) is 1. The zero-order valence-corrected chi connectivity index (χ0v) is 15.1. The van der Waals surface area contributed by atoms with E-state index < -0.39 is 5.60 Å². The van der Waals surface area contributed by atoms with Crippen molar-refractivity contribution in [1.82, 2.24) is 35.2 Å². The van der Waals surface area contributed by atoms with Gasteiger partial charge in [-0.15, -0.1) is 0 Å². The summed E-state index contributed by atoms with van der Waals surface area (Å²) in [6, 6.07) is 4.07. The molecule has 1 spiro atoms. The van der Waals surface area contributed by atoms with E-state index in [2.05, 4.69) is 26.6 Å². The fourth-order valence-corrected chi connectivity index (χ4v) is 4.02. The largest absolute Gasteiger partial charge is 0.365 e. The van der Waals surface area contributed by atoms with Crippen LogP contribution in [0.5, 0.6) is 0 Å². The van der Waals surface area contributed by atoms with Crippen LogP contribution in [0.15, 0.2) is 24.5 Å². The normalized spacial score (nSPS) is 21.7. The van der Waals surface area contributed by atoms with Crippen molar-refractivity contribution in [2.45, 2.75) is 25.5 Å². The summed E-state index contributed by atoms with van der Waals surface area (Å²) < 4.78 is 8.22. The van der Waals surface area contributed by atoms with Gasteiger partial charge in [0.1, 0.15) is 5.60 Å². The summed E-state index contributed by atoms with van der Waals surface area (Å²) in [5.74, 6) is 0. The second kappa shape index (κ2) is 6.05. The highest BCUT2D eigenvalue weighted by Crippen LogP contribution is 2.39. The third-order valence-corrected chi connectivity index (χ3v) is 5.36. The fraction of sp³-hybridized carbons (Fsp3) is 0.444. The Morgan fingerprint density at radius 2 is 2.30 bits per heavy atom. The van der Waals surface area contributed by atoms with Crippen LogP contribution in [-0.4, -0.2) is 62.1 Å². The molecule has 9 nitrogen and oxygen atoms in total. The van der Waals surface area contributed by atoms with Crippen molar-refractivity contribution in [3.63, 3.8) is 0 Å². The van der Waals surface area contributed by atoms with Crippen molar-refractivity contribution in [3.8, 4) is 11.3 Å². The predicted octanol–water partition coefficient (Wildman–Crippen LogP) is 1.48. The van der Waals surface area contributed by atoms with Gasteiger partial charge in [-0.3, -0.25) is 9.78 Å². The minimum absolute atomic E-state index is 0.0375. The molecule has 3 aromatic heterocycles. The van der Waals surface area contributed by atoms with Crippen LogP contribution in [-0.2, 0) is 16.9 Å². The van der Waals surface area contributed by atoms with E-state index in [1.54, 1.807) is 12.4 Å². The molecule has 27 heavy (non-hydrogen) atoms. The first-order chi connectivity index (χ1) is 13.2. The zero-order chi connectivity index (χ0) is 18.4. The van der Waals surface area contributed by atoms with Crippen LogP contribution in [0.2, 0.25) is 0 Å². The number of urea groups is 1. The first-order valence-electron chi connectivity index (χ1n) is 9.23. The van der Waals surface area contributed by atoms with E-state index in [1.165, 1.54) is 0 Å². The van der Waals surface area contributed by atoms with Crippen LogP contribution in [0.4, 0.5) is 4.79 Å². The third kappa shape index (κ3) is 2.57. The van der Waals surface area contributed by atoms with E-state index in [4.69, 9.17) is 9.84 Å². The average molecular weight is 367 g/mol. The number of nitrogens with one attached hydrogen (secondary N) is 2. The molecule has 0 bridgehead atoms. The van der Waals surface area contributed by atoms with E-state index in [1.807, 2.05) is 22.6 Å². The second-order valence-electron chi connectivity index (χ2n) is 7.02. The molecule has 2 aliphatic heterocycles. The van der Waals surface area contributed by atoms with E-state index in [-0.39, 0.29) is 6.03 Å². The lowest BCUT2D eigenvalue weighted by atomic mass is 9.96. The third-order valence-electron chi connectivity index (χ3n) is 5.36. The van der Waals surface area contributed by atoms with Crippen molar-refractivity contribution in [3.05, 3.63) is 30.2 Å². The minimum atomic E-state index is -0.484. The molecule has 3 aromatic rings. The number of H-pyrrole nitrogens is 1. The molecule has 0 radical (unpaired) electrons. The Balaban J connectivity index is 1.49. The smallest absolute Gasteiger partial charge is 0.317 e. The summed E-state index contributed by atoms with van der Waals surface area (Å²) in [4.78, 5) is 18.5. The molecule has 2 N–H and O–H groups in total. The van der Waals surface area contributed by atoms with E-state index in [9.17, 15) is 4.79 Å². The second-order valence-corrected chi connectivity index (χ2v) is 7.02. The number of carbonyl (C=O) groups is 1. The molecule has 5 rings (SSSR count). The van der Waals surface area contributed by atoms with Crippen LogP contribution < -0.4 is 5.32 Å². The molecule has 1 atom stereocenters. The number of amides is 2. The number of hydrogen-bond donors (Lipinski definition) is 2. The van der Waals surface area contributed by atoms with Gasteiger partial charge in [0.25, 0.3) is 0 Å². The number of fused-ring (bicyclic) bond motifs is 3. The average Bonchev–Trinajstić information content (AvgIpc) is 3.40. The maximum atomic E-state index is 12.2. The van der Waals surface area contributed by atoms with Crippen LogP contribution in [0.1, 0.15) is 19.0 Å². The maximum Gasteiger partial charge on any atom is 0.317 e. The van der Waals surface area contributed by atoms with Crippen molar-refractivity contribution in [2.24, 2.45) is 0 Å². The first kappa shape index (κ1) is 16.2. The SMILES string of the molecule is CCNC(=O)N1CCC2(C1)OCCn1nc(-c3cnc4[nH]ncc4c3)cc12. The van der Waals surface area contributed by atoms with Gasteiger partial charge >= 0.3 is 6.03 Å². The molecular weight excluding hydrogens is 346 g/mol. The van der Waals surface area contributed by atoms with Crippen molar-refractivity contribution in [2.75, 3.05) is 26.2 Å². The molecule has 0 aromatic carbocycles. The van der Waals surface area contributed by atoms with Gasteiger partial charge in [-0.05, 0) is 19.1 Å². The van der Waals surface area contributed by atoms with E-state index >= 15 is 0 Å². The van der Waals surface area contributed by atoms with Gasteiger partial charge < -0.3 is 15.0 Å². The van der Waals surface area contributed by atoms with Gasteiger partial charge in [-0.1, -0.05) is 0 Å². The number of aromatic nitrogens is 5. The number of nitrogens with zero attached hydrogens (tertiary/aromatic N) is 5. The van der Waals surface area contributed by atoms with Crippen LogP contribution in [0.3, 0.4) is 0 Å². The minimum Gasteiger partial charge on any atom is -0.365 e. The summed E-state index contributed by atoms with van der Waals surface area (Å²) in [6.07, 6.45) is 4.33. The van der Waals surface area contributed by atoms with Crippen LogP contribution >= 0.6 is 0 Å². The first-order valence-corrected chi connectivity index (χ1v) is 9.23. The Labute approximate surface area is 155 Å². The summed E-state index contributed by atoms with van der Waals surface area (Å²) in [7, 11) is 0. The topological polar surface area (TPSA) is 101 Å². The molecule has 0 saturated carbocycles. The molecule has 2 amide bonds. The van der Waals surface area contributed by atoms with Gasteiger partial charge in [-0.2, -0.15) is 10.2 Å². The zero-order valence-electron chi connectivity index (χ0n) is 15.1. The molecule has 1 fully saturated rings. The predicted molar refractivity (Wildman–Crippen MR) is 98.0 cm³/mol. The standard InChI is InChI=1S/C18H21N7O2/c1-2-19-17(26)24-4-3-18(11-24)15-8-14(23-25(15)5-6-27-18)12-7-13-10-21-22-16(13)20-9-12/h7-10H,2-6,11H2,1H3,(H,19,26)(H,20,21,22). The highest BCUT2D eigenvalue weighted by molar-refractivity contribution is 5.79. The highest BCUT2D eigenvalue weighted by Gasteiger charge is 2.46. The number of carbonyl (C=O) groups excluding carboxylic acids is 1. The molecule has 9 heteroatoms. The molecule has 1 unspecified atom stereocenters. The monoisotopic (exact) mass is 367 g/mol. The number of hydrogen-bond acceptors (Lipinski definition) is 5. The molecule has 140 valence electrons. The molecule has 0 aliphatic carbocycles. The maximum absolute atomic E-state index is 12.2. The molecular formula is C18H21N7O2. The lowest BCUT2D eigenvalue weighted by Gasteiger charge is -2.34. The Kier molecular flexibility index (Phi) is 3.64. The van der Waals surface area contributed by atoms with E-state index in [0.29, 0.717) is 32.8 Å². The lowest BCUT2D eigenvalue weighted by Crippen LogP contribution is -2.44. The number of rotatable bonds is 2. The van der Waals surface area contributed by atoms with Gasteiger partial charge in [0, 0.05) is 36.7 Å². The van der Waals surface area contributed by atoms with Gasteiger partial charge in [0.05, 0.1) is 37.3 Å². The fourth-order valence-electron chi connectivity index (χ4n) is 4.02. The highest BCUT2D eigenvalue weighted by atomic mass is 16.5. The number of pyridine rings is 1. The number of aromatic amines is 1. The van der Waals surface area contributed by atoms with Crippen molar-refractivity contribution in [1.29, 1.82) is 0 Å². The van der Waals surface area contributed by atoms with Crippen LogP contribution in [0.25, 0.3) is 22.3 Å². The van der Waals surface area contributed by atoms with Gasteiger partial charge in [-0.25, -0.2) is 9.78 Å². The van der Waals surface area contributed by atoms with E-state index in [0.717, 1.165) is 34.4 Å². The van der Waals surface area contributed by atoms with Crippen molar-refractivity contribution >= 4 is 17.1 Å². The van der Waals surface area contributed by atoms with Crippen LogP contribution in [0, 0.1) is 0 Å². The summed E-state index contributed by atoms with van der Waals surface area (Å²) >= 11 is 0. The van der Waals surface area contributed by atoms with Gasteiger partial charge in [0.15, 0.2) is 5.65 Å². The molecule has 5 heterocycles. The van der Waals surface area contributed by atoms with Gasteiger partial charge in [0.2, 0.25) is 0 Å². The van der Waals surface area contributed by atoms with Crippen molar-refractivity contribution < 1.29 is 9.53 Å². The summed E-state index contributed by atoms with van der Waals surface area (Å²) in [5.41, 5.74) is 3.11.